The number of hydrogen-bond donors (Lipinski definition) is 2. The Kier molecular flexibility index (Phi) is 7.49. The summed E-state index contributed by atoms with van der Waals surface area (Å²) >= 11 is 0. The minimum atomic E-state index is -0.663. The van der Waals surface area contributed by atoms with E-state index in [2.05, 4.69) is 26.7 Å². The van der Waals surface area contributed by atoms with E-state index in [9.17, 15) is 19.2 Å². The Labute approximate surface area is 223 Å². The Morgan fingerprint density at radius 3 is 2.69 bits per heavy atom. The van der Waals surface area contributed by atoms with Crippen molar-refractivity contribution in [2.45, 2.75) is 32.9 Å². The summed E-state index contributed by atoms with van der Waals surface area (Å²) in [7, 11) is 3.09. The van der Waals surface area contributed by atoms with Crippen LogP contribution in [-0.4, -0.2) is 38.8 Å². The number of hydrogen-bond acceptors (Lipinski definition) is 7. The van der Waals surface area contributed by atoms with Crippen molar-refractivity contribution >= 4 is 28.5 Å². The average Bonchev–Trinajstić information content (AvgIpc) is 3.25. The number of nitrogens with one attached hydrogen (secondary N) is 2. The molecule has 1 amide bonds. The smallest absolute Gasteiger partial charge is 0.407 e. The second kappa shape index (κ2) is 10.8. The molecule has 11 heteroatoms. The summed E-state index contributed by atoms with van der Waals surface area (Å²) in [5.74, 6) is -0.505. The zero-order chi connectivity index (χ0) is 28.3. The van der Waals surface area contributed by atoms with Crippen molar-refractivity contribution in [3.05, 3.63) is 75.7 Å². The lowest BCUT2D eigenvalue weighted by Gasteiger charge is -2.19. The summed E-state index contributed by atoms with van der Waals surface area (Å²) in [5, 5.41) is 24.4. The zero-order valence-corrected chi connectivity index (χ0v) is 22.1. The third-order valence-corrected chi connectivity index (χ3v) is 5.83. The number of carbonyl (C=O) groups excluding carboxylic acids is 1. The van der Waals surface area contributed by atoms with Gasteiger partial charge in [0.05, 0.1) is 48.3 Å². The first-order valence-electron chi connectivity index (χ1n) is 12.0. The number of rotatable bonds is 6. The number of benzene rings is 2. The summed E-state index contributed by atoms with van der Waals surface area (Å²) in [4.78, 5) is 24.6. The molecule has 39 heavy (non-hydrogen) atoms. The molecule has 0 aliphatic heterocycles. The van der Waals surface area contributed by atoms with E-state index < -0.39 is 17.5 Å². The first kappa shape index (κ1) is 27.1. The molecule has 2 heterocycles. The lowest BCUT2D eigenvalue weighted by atomic mass is 9.99. The van der Waals surface area contributed by atoms with Crippen molar-refractivity contribution in [3.8, 4) is 22.9 Å². The Hall–Kier alpha value is -4.98. The third kappa shape index (κ3) is 5.96. The van der Waals surface area contributed by atoms with Crippen LogP contribution in [0.3, 0.4) is 0 Å². The predicted molar refractivity (Wildman–Crippen MR) is 144 cm³/mol. The van der Waals surface area contributed by atoms with Crippen LogP contribution in [-0.2, 0) is 18.3 Å². The number of halogens is 1. The van der Waals surface area contributed by atoms with Gasteiger partial charge in [-0.2, -0.15) is 15.5 Å². The molecular formula is C28H27FN6O4. The Morgan fingerprint density at radius 2 is 2.00 bits per heavy atom. The molecule has 0 atom stereocenters. The van der Waals surface area contributed by atoms with E-state index >= 15 is 0 Å². The number of amides is 1. The highest BCUT2D eigenvalue weighted by atomic mass is 19.1. The van der Waals surface area contributed by atoms with Gasteiger partial charge in [-0.15, -0.1) is 0 Å². The van der Waals surface area contributed by atoms with Crippen LogP contribution in [0.1, 0.15) is 37.7 Å². The van der Waals surface area contributed by atoms with Gasteiger partial charge in [-0.1, -0.05) is 12.1 Å². The molecule has 10 nitrogen and oxygen atoms in total. The van der Waals surface area contributed by atoms with Crippen LogP contribution < -0.4 is 15.6 Å². The second-order valence-electron chi connectivity index (χ2n) is 9.70. The van der Waals surface area contributed by atoms with Crippen molar-refractivity contribution in [3.63, 3.8) is 0 Å². The number of H-pyrrole nitrogens is 1. The van der Waals surface area contributed by atoms with E-state index in [1.54, 1.807) is 63.0 Å². The normalized spacial score (nSPS) is 11.8. The van der Waals surface area contributed by atoms with Crippen LogP contribution in [0.25, 0.3) is 33.5 Å². The number of alkyl carbamates (subject to hydrolysis) is 1. The number of nitrogens with zero attached hydrogens (tertiary/aromatic N) is 4. The van der Waals surface area contributed by atoms with E-state index in [0.29, 0.717) is 38.9 Å². The fourth-order valence-corrected chi connectivity index (χ4v) is 3.98. The fraction of sp³-hybridized carbons (Fsp3) is 0.250. The van der Waals surface area contributed by atoms with Crippen molar-refractivity contribution in [2.75, 3.05) is 7.11 Å². The van der Waals surface area contributed by atoms with Crippen molar-refractivity contribution in [1.82, 2.24) is 25.3 Å². The number of carbonyl (C=O) groups is 1. The van der Waals surface area contributed by atoms with E-state index in [-0.39, 0.29) is 23.4 Å². The van der Waals surface area contributed by atoms with Crippen molar-refractivity contribution in [1.29, 1.82) is 5.26 Å². The molecular weight excluding hydrogens is 503 g/mol. The third-order valence-electron chi connectivity index (χ3n) is 5.83. The van der Waals surface area contributed by atoms with Crippen molar-refractivity contribution < 1.29 is 18.7 Å². The lowest BCUT2D eigenvalue weighted by molar-refractivity contribution is 0.0523. The second-order valence-corrected chi connectivity index (χ2v) is 9.70. The van der Waals surface area contributed by atoms with Gasteiger partial charge in [0.25, 0.3) is 5.56 Å². The standard InChI is InChI=1S/C28H27FN6O4/c1-28(2,3)39-27(37)31-15-23-20-10-17(6-8-19(20)26(36)34-33-23)21-14-32-35(4)24(21)11-18(13-30)16-7-9-22(29)25(12-16)38-5/h6-12,14H,15H2,1-5H3,(H,31,37)(H,34,36)/b18-11+. The van der Waals surface area contributed by atoms with Crippen LogP contribution in [0.15, 0.2) is 47.4 Å². The van der Waals surface area contributed by atoms with Gasteiger partial charge in [0.1, 0.15) is 5.60 Å². The van der Waals surface area contributed by atoms with E-state index in [4.69, 9.17) is 9.47 Å². The molecule has 2 aromatic heterocycles. The Bertz CT molecular complexity index is 1690. The molecule has 0 radical (unpaired) electrons. The highest BCUT2D eigenvalue weighted by Gasteiger charge is 2.18. The molecule has 4 aromatic rings. The highest BCUT2D eigenvalue weighted by molar-refractivity contribution is 5.94. The van der Waals surface area contributed by atoms with E-state index in [0.717, 1.165) is 0 Å². The summed E-state index contributed by atoms with van der Waals surface area (Å²) in [6, 6.07) is 11.6. The van der Waals surface area contributed by atoms with Crippen molar-refractivity contribution in [2.24, 2.45) is 7.05 Å². The van der Waals surface area contributed by atoms with Gasteiger partial charge >= 0.3 is 6.09 Å². The number of allylic oxidation sites excluding steroid dienone is 1. The molecule has 0 bridgehead atoms. The van der Waals surface area contributed by atoms with Gasteiger partial charge in [-0.05, 0) is 62.2 Å². The summed E-state index contributed by atoms with van der Waals surface area (Å²) in [6.45, 7) is 5.31. The molecule has 0 saturated heterocycles. The molecule has 200 valence electrons. The number of aromatic amines is 1. The number of nitriles is 1. The molecule has 2 aromatic carbocycles. The largest absolute Gasteiger partial charge is 0.494 e. The van der Waals surface area contributed by atoms with Gasteiger partial charge in [-0.25, -0.2) is 14.3 Å². The monoisotopic (exact) mass is 530 g/mol. The molecule has 0 unspecified atom stereocenters. The summed E-state index contributed by atoms with van der Waals surface area (Å²) in [5.41, 5.74) is 2.17. The SMILES string of the molecule is COc1cc(/C(C#N)=C/c2c(-c3ccc4c(=O)[nH]nc(CNC(=O)OC(C)(C)C)c4c3)cnn2C)ccc1F. The Morgan fingerprint density at radius 1 is 1.23 bits per heavy atom. The maximum Gasteiger partial charge on any atom is 0.407 e. The van der Waals surface area contributed by atoms with Crippen LogP contribution in [0.4, 0.5) is 9.18 Å². The van der Waals surface area contributed by atoms with Crippen LogP contribution in [0, 0.1) is 17.1 Å². The van der Waals surface area contributed by atoms with E-state index in [1.807, 2.05) is 0 Å². The number of ether oxygens (including phenoxy) is 2. The van der Waals surface area contributed by atoms with Gasteiger partial charge in [0, 0.05) is 18.0 Å². The molecule has 0 spiro atoms. The number of aryl methyl sites for hydroxylation is 1. The van der Waals surface area contributed by atoms with Gasteiger partial charge in [-0.3, -0.25) is 9.48 Å². The number of fused-ring (bicyclic) bond motifs is 1. The zero-order valence-electron chi connectivity index (χ0n) is 22.1. The molecule has 0 saturated carbocycles. The number of aromatic nitrogens is 4. The quantitative estimate of drug-likeness (QED) is 0.349. The average molecular weight is 531 g/mol. The Balaban J connectivity index is 1.76. The minimum Gasteiger partial charge on any atom is -0.494 e. The van der Waals surface area contributed by atoms with Crippen LogP contribution in [0.5, 0.6) is 5.75 Å². The van der Waals surface area contributed by atoms with Crippen LogP contribution >= 0.6 is 0 Å². The summed E-state index contributed by atoms with van der Waals surface area (Å²) in [6.07, 6.45) is 2.69. The molecule has 4 rings (SSSR count). The van der Waals surface area contributed by atoms with E-state index in [1.165, 1.54) is 25.3 Å². The van der Waals surface area contributed by atoms with Gasteiger partial charge < -0.3 is 14.8 Å². The minimum absolute atomic E-state index is 0.0242. The summed E-state index contributed by atoms with van der Waals surface area (Å²) < 4.78 is 25.9. The maximum atomic E-state index is 13.9. The van der Waals surface area contributed by atoms with Crippen LogP contribution in [0.2, 0.25) is 0 Å². The maximum absolute atomic E-state index is 13.9. The predicted octanol–water partition coefficient (Wildman–Crippen LogP) is 4.56. The highest BCUT2D eigenvalue weighted by Crippen LogP contribution is 2.31. The number of methoxy groups -OCH3 is 1. The molecule has 0 aliphatic carbocycles. The molecule has 0 fully saturated rings. The fourth-order valence-electron chi connectivity index (χ4n) is 3.98. The van der Waals surface area contributed by atoms with Gasteiger partial charge in [0.2, 0.25) is 0 Å². The van der Waals surface area contributed by atoms with Gasteiger partial charge in [0.15, 0.2) is 11.6 Å². The topological polar surface area (TPSA) is 135 Å². The lowest BCUT2D eigenvalue weighted by Crippen LogP contribution is -2.32. The first-order valence-corrected chi connectivity index (χ1v) is 12.0. The molecule has 2 N–H and O–H groups in total. The first-order chi connectivity index (χ1) is 18.5. The molecule has 0 aliphatic rings.